The Kier molecular flexibility index (Phi) is 3.44. The number of hydrogen-bond donors (Lipinski definition) is 1. The zero-order valence-electron chi connectivity index (χ0n) is 12.6. The van der Waals surface area contributed by atoms with Crippen LogP contribution in [0.15, 0.2) is 43.0 Å². The summed E-state index contributed by atoms with van der Waals surface area (Å²) >= 11 is 0. The van der Waals surface area contributed by atoms with Crippen molar-refractivity contribution in [2.24, 2.45) is 0 Å². The van der Waals surface area contributed by atoms with E-state index in [1.807, 2.05) is 34.9 Å². The molecule has 0 radical (unpaired) electrons. The van der Waals surface area contributed by atoms with Crippen molar-refractivity contribution in [3.05, 3.63) is 48.5 Å². The predicted octanol–water partition coefficient (Wildman–Crippen LogP) is 1.70. The van der Waals surface area contributed by atoms with E-state index in [9.17, 15) is 0 Å². The lowest BCUT2D eigenvalue weighted by molar-refractivity contribution is -0.172. The Morgan fingerprint density at radius 2 is 1.87 bits per heavy atom. The molecule has 0 saturated carbocycles. The Balaban J connectivity index is 1.62. The van der Waals surface area contributed by atoms with Gasteiger partial charge in [-0.2, -0.15) is 0 Å². The van der Waals surface area contributed by atoms with Gasteiger partial charge in [0.15, 0.2) is 17.3 Å². The maximum atomic E-state index is 5.95. The molecule has 2 N–H and O–H groups in total. The van der Waals surface area contributed by atoms with E-state index >= 15 is 0 Å². The summed E-state index contributed by atoms with van der Waals surface area (Å²) in [5.74, 6) is -0.323. The molecule has 0 atom stereocenters. The lowest BCUT2D eigenvalue weighted by Crippen LogP contribution is -2.28. The molecule has 1 aliphatic heterocycles. The van der Waals surface area contributed by atoms with Crippen molar-refractivity contribution < 1.29 is 9.47 Å². The average molecular weight is 311 g/mol. The standard InChI is InChI=1S/C16H17N5O2/c17-14-13-15(19-10-18-14)21(11-20-13)7-6-16(22-8-9-23-16)12-4-2-1-3-5-12/h1-5,10-11H,6-9H2,(H2,17,18,19). The summed E-state index contributed by atoms with van der Waals surface area (Å²) in [6, 6.07) is 10.0. The molecule has 0 amide bonds. The second kappa shape index (κ2) is 5.60. The van der Waals surface area contributed by atoms with Crippen molar-refractivity contribution in [3.8, 4) is 0 Å². The van der Waals surface area contributed by atoms with E-state index in [2.05, 4.69) is 15.0 Å². The molecule has 7 heteroatoms. The Labute approximate surface area is 133 Å². The molecule has 23 heavy (non-hydrogen) atoms. The maximum Gasteiger partial charge on any atom is 0.196 e. The largest absolute Gasteiger partial charge is 0.382 e. The number of nitrogen functional groups attached to an aromatic ring is 1. The Morgan fingerprint density at radius 1 is 1.09 bits per heavy atom. The highest BCUT2D eigenvalue weighted by Gasteiger charge is 2.38. The van der Waals surface area contributed by atoms with Gasteiger partial charge in [-0.3, -0.25) is 0 Å². The highest BCUT2D eigenvalue weighted by Crippen LogP contribution is 2.35. The third-order valence-corrected chi connectivity index (χ3v) is 4.08. The number of ether oxygens (including phenoxy) is 2. The minimum Gasteiger partial charge on any atom is -0.382 e. The number of fused-ring (bicyclic) bond motifs is 1. The van der Waals surface area contributed by atoms with Crippen LogP contribution in [0.1, 0.15) is 12.0 Å². The number of anilines is 1. The minimum absolute atomic E-state index is 0.389. The van der Waals surface area contributed by atoms with Crippen molar-refractivity contribution in [2.75, 3.05) is 18.9 Å². The number of hydrogen-bond acceptors (Lipinski definition) is 6. The van der Waals surface area contributed by atoms with Gasteiger partial charge >= 0.3 is 0 Å². The Morgan fingerprint density at radius 3 is 2.65 bits per heavy atom. The molecule has 3 heterocycles. The smallest absolute Gasteiger partial charge is 0.196 e. The van der Waals surface area contributed by atoms with Crippen LogP contribution in [0.5, 0.6) is 0 Å². The molecule has 7 nitrogen and oxygen atoms in total. The second-order valence-electron chi connectivity index (χ2n) is 5.43. The molecule has 1 aliphatic rings. The molecule has 3 aromatic rings. The van der Waals surface area contributed by atoms with Gasteiger partial charge in [-0.05, 0) is 0 Å². The van der Waals surface area contributed by atoms with E-state index in [0.29, 0.717) is 37.5 Å². The van der Waals surface area contributed by atoms with Crippen molar-refractivity contribution in [2.45, 2.75) is 18.8 Å². The number of aromatic nitrogens is 4. The van der Waals surface area contributed by atoms with Crippen LogP contribution in [-0.4, -0.2) is 32.7 Å². The fraction of sp³-hybridized carbons (Fsp3) is 0.312. The topological polar surface area (TPSA) is 88.1 Å². The first-order chi connectivity index (χ1) is 11.3. The second-order valence-corrected chi connectivity index (χ2v) is 5.43. The van der Waals surface area contributed by atoms with Gasteiger partial charge in [0, 0.05) is 18.5 Å². The number of nitrogens with zero attached hydrogens (tertiary/aromatic N) is 4. The van der Waals surface area contributed by atoms with E-state index in [1.165, 1.54) is 6.33 Å². The van der Waals surface area contributed by atoms with Gasteiger partial charge in [-0.15, -0.1) is 0 Å². The molecule has 2 aromatic heterocycles. The van der Waals surface area contributed by atoms with E-state index < -0.39 is 5.79 Å². The van der Waals surface area contributed by atoms with Gasteiger partial charge in [0.05, 0.1) is 19.5 Å². The summed E-state index contributed by atoms with van der Waals surface area (Å²) in [6.45, 7) is 1.84. The molecule has 4 rings (SSSR count). The SMILES string of the molecule is Nc1ncnc2c1ncn2CCC1(c2ccccc2)OCCO1. The number of imidazole rings is 1. The van der Waals surface area contributed by atoms with Crippen LogP contribution in [0.25, 0.3) is 11.2 Å². The Bertz CT molecular complexity index is 812. The van der Waals surface area contributed by atoms with Crippen LogP contribution in [-0.2, 0) is 21.8 Å². The van der Waals surface area contributed by atoms with E-state index in [-0.39, 0.29) is 0 Å². The van der Waals surface area contributed by atoms with Crippen LogP contribution in [0.4, 0.5) is 5.82 Å². The summed E-state index contributed by atoms with van der Waals surface area (Å²) in [5, 5.41) is 0. The lowest BCUT2D eigenvalue weighted by Gasteiger charge is -2.28. The summed E-state index contributed by atoms with van der Waals surface area (Å²) in [7, 11) is 0. The number of benzene rings is 1. The molecule has 0 aliphatic carbocycles. The molecule has 1 saturated heterocycles. The van der Waals surface area contributed by atoms with E-state index in [4.69, 9.17) is 15.2 Å². The molecule has 0 spiro atoms. The van der Waals surface area contributed by atoms with Crippen molar-refractivity contribution in [3.63, 3.8) is 0 Å². The predicted molar refractivity (Wildman–Crippen MR) is 84.4 cm³/mol. The van der Waals surface area contributed by atoms with Crippen molar-refractivity contribution in [1.29, 1.82) is 0 Å². The van der Waals surface area contributed by atoms with E-state index in [0.717, 1.165) is 11.2 Å². The lowest BCUT2D eigenvalue weighted by atomic mass is 10.0. The van der Waals surface area contributed by atoms with Crippen LogP contribution < -0.4 is 5.73 Å². The molecule has 118 valence electrons. The number of nitrogens with two attached hydrogens (primary N) is 1. The molecule has 0 bridgehead atoms. The van der Waals surface area contributed by atoms with Crippen LogP contribution in [0.2, 0.25) is 0 Å². The quantitative estimate of drug-likeness (QED) is 0.789. The fourth-order valence-corrected chi connectivity index (χ4v) is 2.93. The molecule has 1 fully saturated rings. The Hall–Kier alpha value is -2.51. The third kappa shape index (κ3) is 2.43. The normalized spacial score (nSPS) is 16.9. The summed E-state index contributed by atoms with van der Waals surface area (Å²) in [5.41, 5.74) is 8.19. The minimum atomic E-state index is -0.712. The third-order valence-electron chi connectivity index (χ3n) is 4.08. The van der Waals surface area contributed by atoms with Crippen molar-refractivity contribution >= 4 is 17.0 Å². The van der Waals surface area contributed by atoms with Gasteiger partial charge in [-0.1, -0.05) is 30.3 Å². The van der Waals surface area contributed by atoms with Gasteiger partial charge in [0.25, 0.3) is 0 Å². The number of aryl methyl sites for hydroxylation is 1. The molecular formula is C16H17N5O2. The van der Waals surface area contributed by atoms with Crippen LogP contribution in [0.3, 0.4) is 0 Å². The van der Waals surface area contributed by atoms with Gasteiger partial charge in [-0.25, -0.2) is 15.0 Å². The first-order valence-electron chi connectivity index (χ1n) is 7.53. The molecule has 0 unspecified atom stereocenters. The van der Waals surface area contributed by atoms with Crippen molar-refractivity contribution in [1.82, 2.24) is 19.5 Å². The highest BCUT2D eigenvalue weighted by molar-refractivity contribution is 5.81. The molecule has 1 aromatic carbocycles. The summed E-state index contributed by atoms with van der Waals surface area (Å²) in [4.78, 5) is 12.5. The zero-order chi connectivity index (χ0) is 15.7. The maximum absolute atomic E-state index is 5.95. The van der Waals surface area contributed by atoms with Gasteiger partial charge in [0.2, 0.25) is 0 Å². The van der Waals surface area contributed by atoms with Gasteiger partial charge in [0.1, 0.15) is 11.8 Å². The molecular weight excluding hydrogens is 294 g/mol. The first-order valence-corrected chi connectivity index (χ1v) is 7.53. The zero-order valence-corrected chi connectivity index (χ0v) is 12.6. The van der Waals surface area contributed by atoms with Crippen LogP contribution in [0, 0.1) is 0 Å². The summed E-state index contributed by atoms with van der Waals surface area (Å²) in [6.07, 6.45) is 3.83. The van der Waals surface area contributed by atoms with E-state index in [1.54, 1.807) is 6.33 Å². The van der Waals surface area contributed by atoms with Crippen LogP contribution >= 0.6 is 0 Å². The number of rotatable bonds is 4. The fourth-order valence-electron chi connectivity index (χ4n) is 2.93. The highest BCUT2D eigenvalue weighted by atomic mass is 16.7. The monoisotopic (exact) mass is 311 g/mol. The summed E-state index contributed by atoms with van der Waals surface area (Å²) < 4.78 is 13.8. The van der Waals surface area contributed by atoms with Gasteiger partial charge < -0.3 is 19.8 Å². The average Bonchev–Trinajstić information content (AvgIpc) is 3.22. The first kappa shape index (κ1) is 14.1.